The molecule has 3 rings (SSSR count). The SMILES string of the molecule is CCOC(=O)[C@@H]1CCCN(Cc2cc(=O)oc3cc(C)cc(C)c23)C1. The summed E-state index contributed by atoms with van der Waals surface area (Å²) in [4.78, 5) is 26.2. The summed E-state index contributed by atoms with van der Waals surface area (Å²) in [5, 5.41) is 1.00. The highest BCUT2D eigenvalue weighted by molar-refractivity contribution is 5.84. The molecule has 1 saturated heterocycles. The molecule has 0 aliphatic carbocycles. The standard InChI is InChI=1S/C20H25NO4/c1-4-24-20(23)15-6-5-7-21(11-15)12-16-10-18(22)25-17-9-13(2)8-14(3)19(16)17/h8-10,15H,4-7,11-12H2,1-3H3/t15-/m1/s1. The van der Waals surface area contributed by atoms with Crippen molar-refractivity contribution in [2.75, 3.05) is 19.7 Å². The smallest absolute Gasteiger partial charge is 0.336 e. The molecule has 5 heteroatoms. The van der Waals surface area contributed by atoms with E-state index in [0.29, 0.717) is 25.3 Å². The fourth-order valence-corrected chi connectivity index (χ4v) is 3.79. The molecule has 1 aromatic heterocycles. The molecular formula is C20H25NO4. The second-order valence-electron chi connectivity index (χ2n) is 6.87. The van der Waals surface area contributed by atoms with Gasteiger partial charge >= 0.3 is 11.6 Å². The molecular weight excluding hydrogens is 318 g/mol. The highest BCUT2D eigenvalue weighted by atomic mass is 16.5. The first-order chi connectivity index (χ1) is 12.0. The lowest BCUT2D eigenvalue weighted by atomic mass is 9.96. The van der Waals surface area contributed by atoms with Crippen molar-refractivity contribution in [3.63, 3.8) is 0 Å². The Hall–Kier alpha value is -2.14. The van der Waals surface area contributed by atoms with Crippen LogP contribution in [0.2, 0.25) is 0 Å². The Morgan fingerprint density at radius 3 is 2.88 bits per heavy atom. The number of aryl methyl sites for hydroxylation is 2. The van der Waals surface area contributed by atoms with E-state index < -0.39 is 0 Å². The van der Waals surface area contributed by atoms with Gasteiger partial charge in [-0.3, -0.25) is 9.69 Å². The van der Waals surface area contributed by atoms with Gasteiger partial charge in [-0.25, -0.2) is 4.79 Å². The molecule has 2 heterocycles. The molecule has 0 radical (unpaired) electrons. The van der Waals surface area contributed by atoms with Crippen LogP contribution in [-0.4, -0.2) is 30.6 Å². The number of hydrogen-bond donors (Lipinski definition) is 0. The zero-order valence-corrected chi connectivity index (χ0v) is 15.1. The zero-order chi connectivity index (χ0) is 18.0. The van der Waals surface area contributed by atoms with E-state index in [1.807, 2.05) is 26.8 Å². The molecule has 0 bridgehead atoms. The van der Waals surface area contributed by atoms with Gasteiger partial charge in [0.1, 0.15) is 5.58 Å². The summed E-state index contributed by atoms with van der Waals surface area (Å²) in [6.07, 6.45) is 1.83. The maximum atomic E-state index is 12.0. The van der Waals surface area contributed by atoms with Crippen LogP contribution in [0.4, 0.5) is 0 Å². The molecule has 25 heavy (non-hydrogen) atoms. The third-order valence-corrected chi connectivity index (χ3v) is 4.79. The van der Waals surface area contributed by atoms with E-state index in [0.717, 1.165) is 41.5 Å². The van der Waals surface area contributed by atoms with Crippen LogP contribution >= 0.6 is 0 Å². The van der Waals surface area contributed by atoms with Crippen LogP contribution in [0.3, 0.4) is 0 Å². The Bertz CT molecular complexity index is 839. The van der Waals surface area contributed by atoms with Gasteiger partial charge < -0.3 is 9.15 Å². The highest BCUT2D eigenvalue weighted by Crippen LogP contribution is 2.26. The van der Waals surface area contributed by atoms with Gasteiger partial charge in [0.2, 0.25) is 0 Å². The van der Waals surface area contributed by atoms with Crippen molar-refractivity contribution in [2.45, 2.75) is 40.2 Å². The van der Waals surface area contributed by atoms with E-state index in [1.54, 1.807) is 6.07 Å². The molecule has 2 aromatic rings. The van der Waals surface area contributed by atoms with Gasteiger partial charge in [0.25, 0.3) is 0 Å². The number of esters is 1. The molecule has 0 N–H and O–H groups in total. The zero-order valence-electron chi connectivity index (χ0n) is 15.1. The van der Waals surface area contributed by atoms with Gasteiger partial charge in [-0.1, -0.05) is 6.07 Å². The van der Waals surface area contributed by atoms with Crippen molar-refractivity contribution in [2.24, 2.45) is 5.92 Å². The van der Waals surface area contributed by atoms with Crippen molar-refractivity contribution in [1.29, 1.82) is 0 Å². The Labute approximate surface area is 147 Å². The van der Waals surface area contributed by atoms with Crippen LogP contribution in [0, 0.1) is 19.8 Å². The quantitative estimate of drug-likeness (QED) is 0.630. The molecule has 5 nitrogen and oxygen atoms in total. The maximum absolute atomic E-state index is 12.0. The number of carbonyl (C=O) groups excluding carboxylic acids is 1. The average molecular weight is 343 g/mol. The number of piperidine rings is 1. The molecule has 0 saturated carbocycles. The lowest BCUT2D eigenvalue weighted by Gasteiger charge is -2.31. The molecule has 1 fully saturated rings. The molecule has 134 valence electrons. The minimum absolute atomic E-state index is 0.0802. The van der Waals surface area contributed by atoms with E-state index in [4.69, 9.17) is 9.15 Å². The summed E-state index contributed by atoms with van der Waals surface area (Å²) in [7, 11) is 0. The lowest BCUT2D eigenvalue weighted by Crippen LogP contribution is -2.39. The minimum atomic E-state index is -0.327. The third-order valence-electron chi connectivity index (χ3n) is 4.79. The Kier molecular flexibility index (Phi) is 5.23. The van der Waals surface area contributed by atoms with Crippen LogP contribution in [0.5, 0.6) is 0 Å². The molecule has 1 aliphatic heterocycles. The van der Waals surface area contributed by atoms with Gasteiger partial charge in [0.05, 0.1) is 12.5 Å². The summed E-state index contributed by atoms with van der Waals surface area (Å²) < 4.78 is 10.6. The normalized spacial score (nSPS) is 18.4. The van der Waals surface area contributed by atoms with Gasteiger partial charge in [0.15, 0.2) is 0 Å². The van der Waals surface area contributed by atoms with Crippen LogP contribution in [-0.2, 0) is 16.1 Å². The second kappa shape index (κ2) is 7.40. The number of fused-ring (bicyclic) bond motifs is 1. The largest absolute Gasteiger partial charge is 0.466 e. The van der Waals surface area contributed by atoms with E-state index in [-0.39, 0.29) is 17.5 Å². The summed E-state index contributed by atoms with van der Waals surface area (Å²) in [5.74, 6) is -0.195. The Morgan fingerprint density at radius 2 is 2.12 bits per heavy atom. The fraction of sp³-hybridized carbons (Fsp3) is 0.500. The number of carbonyl (C=O) groups is 1. The van der Waals surface area contributed by atoms with Crippen molar-refractivity contribution in [3.8, 4) is 0 Å². The monoisotopic (exact) mass is 343 g/mol. The summed E-state index contributed by atoms with van der Waals surface area (Å²) in [6, 6.07) is 5.59. The third kappa shape index (κ3) is 3.93. The van der Waals surface area contributed by atoms with Crippen molar-refractivity contribution < 1.29 is 13.9 Å². The van der Waals surface area contributed by atoms with Crippen LogP contribution < -0.4 is 5.63 Å². The van der Waals surface area contributed by atoms with Crippen LogP contribution in [0.15, 0.2) is 27.4 Å². The minimum Gasteiger partial charge on any atom is -0.466 e. The molecule has 1 aliphatic rings. The van der Waals surface area contributed by atoms with Gasteiger partial charge in [-0.05, 0) is 62.9 Å². The predicted octanol–water partition coefficient (Wildman–Crippen LogP) is 3.18. The van der Waals surface area contributed by atoms with Gasteiger partial charge in [-0.2, -0.15) is 0 Å². The molecule has 0 amide bonds. The van der Waals surface area contributed by atoms with Crippen LogP contribution in [0.1, 0.15) is 36.5 Å². The Morgan fingerprint density at radius 1 is 1.32 bits per heavy atom. The van der Waals surface area contributed by atoms with E-state index in [1.165, 1.54) is 0 Å². The first kappa shape index (κ1) is 17.7. The van der Waals surface area contributed by atoms with Crippen LogP contribution in [0.25, 0.3) is 11.0 Å². The van der Waals surface area contributed by atoms with E-state index in [9.17, 15) is 9.59 Å². The van der Waals surface area contributed by atoms with Crippen molar-refractivity contribution >= 4 is 16.9 Å². The molecule has 1 aromatic carbocycles. The second-order valence-corrected chi connectivity index (χ2v) is 6.87. The molecule has 1 atom stereocenters. The van der Waals surface area contributed by atoms with E-state index >= 15 is 0 Å². The number of nitrogens with zero attached hydrogens (tertiary/aromatic N) is 1. The van der Waals surface area contributed by atoms with E-state index in [2.05, 4.69) is 11.0 Å². The Balaban J connectivity index is 1.87. The number of hydrogen-bond acceptors (Lipinski definition) is 5. The predicted molar refractivity (Wildman–Crippen MR) is 96.6 cm³/mol. The number of ether oxygens (including phenoxy) is 1. The highest BCUT2D eigenvalue weighted by Gasteiger charge is 2.27. The fourth-order valence-electron chi connectivity index (χ4n) is 3.79. The number of benzene rings is 1. The van der Waals surface area contributed by atoms with Crippen molar-refractivity contribution in [3.05, 3.63) is 45.3 Å². The maximum Gasteiger partial charge on any atom is 0.336 e. The van der Waals surface area contributed by atoms with Gasteiger partial charge in [-0.15, -0.1) is 0 Å². The summed E-state index contributed by atoms with van der Waals surface area (Å²) in [5.41, 5.74) is 3.46. The van der Waals surface area contributed by atoms with Crippen molar-refractivity contribution in [1.82, 2.24) is 4.90 Å². The molecule has 0 spiro atoms. The topological polar surface area (TPSA) is 59.8 Å². The lowest BCUT2D eigenvalue weighted by molar-refractivity contribution is -0.150. The van der Waals surface area contributed by atoms with Gasteiger partial charge in [0, 0.05) is 24.5 Å². The summed E-state index contributed by atoms with van der Waals surface area (Å²) in [6.45, 7) is 8.51. The number of rotatable bonds is 4. The summed E-state index contributed by atoms with van der Waals surface area (Å²) >= 11 is 0. The first-order valence-electron chi connectivity index (χ1n) is 8.91. The molecule has 0 unspecified atom stereocenters. The number of likely N-dealkylation sites (tertiary alicyclic amines) is 1. The first-order valence-corrected chi connectivity index (χ1v) is 8.91. The average Bonchev–Trinajstić information content (AvgIpc) is 2.54.